The Labute approximate surface area is 133 Å². The Morgan fingerprint density at radius 3 is 2.82 bits per heavy atom. The van der Waals surface area contributed by atoms with Crippen LogP contribution >= 0.6 is 11.6 Å². The molecule has 0 radical (unpaired) electrons. The summed E-state index contributed by atoms with van der Waals surface area (Å²) in [7, 11) is 0. The van der Waals surface area contributed by atoms with E-state index in [1.165, 1.54) is 0 Å². The second-order valence-electron chi connectivity index (χ2n) is 5.42. The molecule has 1 aromatic carbocycles. The van der Waals surface area contributed by atoms with Crippen LogP contribution in [0.2, 0.25) is 5.02 Å². The molecule has 4 rings (SSSR count). The molecule has 1 unspecified atom stereocenters. The zero-order chi connectivity index (χ0) is 15.1. The van der Waals surface area contributed by atoms with Crippen molar-refractivity contribution in [3.05, 3.63) is 76.6 Å². The molecule has 0 aliphatic carbocycles. The third kappa shape index (κ3) is 2.12. The van der Waals surface area contributed by atoms with E-state index < -0.39 is 0 Å². The zero-order valence-electron chi connectivity index (χ0n) is 12.1. The molecule has 4 nitrogen and oxygen atoms in total. The molecule has 0 spiro atoms. The van der Waals surface area contributed by atoms with E-state index in [9.17, 15) is 0 Å². The molecule has 3 heterocycles. The van der Waals surface area contributed by atoms with Crippen molar-refractivity contribution in [1.82, 2.24) is 19.9 Å². The summed E-state index contributed by atoms with van der Waals surface area (Å²) in [5, 5.41) is 4.35. The van der Waals surface area contributed by atoms with E-state index in [1.807, 2.05) is 31.5 Å². The minimum absolute atomic E-state index is 0.0408. The quantitative estimate of drug-likeness (QED) is 0.749. The lowest BCUT2D eigenvalue weighted by Gasteiger charge is -2.17. The van der Waals surface area contributed by atoms with Crippen molar-refractivity contribution in [2.24, 2.45) is 0 Å². The molecule has 1 atom stereocenters. The third-order valence-corrected chi connectivity index (χ3v) is 4.40. The maximum absolute atomic E-state index is 6.38. The molecule has 0 saturated heterocycles. The smallest absolute Gasteiger partial charge is 0.125 e. The third-order valence-electron chi connectivity index (χ3n) is 4.05. The Bertz CT molecular complexity index is 823. The number of halogens is 1. The first-order chi connectivity index (χ1) is 10.7. The molecule has 0 bridgehead atoms. The number of hydrogen-bond donors (Lipinski definition) is 1. The topological polar surface area (TPSA) is 42.7 Å². The molecule has 0 amide bonds. The maximum Gasteiger partial charge on any atom is 0.125 e. The van der Waals surface area contributed by atoms with Crippen molar-refractivity contribution in [3.8, 4) is 5.69 Å². The van der Waals surface area contributed by atoms with Crippen molar-refractivity contribution in [2.75, 3.05) is 0 Å². The molecule has 5 heteroatoms. The molecule has 1 N–H and O–H groups in total. The first-order valence-corrected chi connectivity index (χ1v) is 7.59. The van der Waals surface area contributed by atoms with E-state index >= 15 is 0 Å². The average Bonchev–Trinajstić information content (AvgIpc) is 2.94. The Kier molecular flexibility index (Phi) is 3.21. The Balaban J connectivity index is 1.87. The van der Waals surface area contributed by atoms with E-state index in [0.717, 1.165) is 33.4 Å². The fraction of sp³-hybridized carbons (Fsp3) is 0.176. The van der Waals surface area contributed by atoms with Crippen molar-refractivity contribution >= 4 is 11.6 Å². The highest BCUT2D eigenvalue weighted by atomic mass is 35.5. The van der Waals surface area contributed by atoms with Gasteiger partial charge in [0, 0.05) is 47.0 Å². The van der Waals surface area contributed by atoms with Gasteiger partial charge >= 0.3 is 0 Å². The molecule has 22 heavy (non-hydrogen) atoms. The summed E-state index contributed by atoms with van der Waals surface area (Å²) in [6, 6.07) is 10.2. The van der Waals surface area contributed by atoms with Crippen LogP contribution in [0, 0.1) is 6.92 Å². The number of aromatic nitrogens is 3. The molecule has 1 aliphatic rings. The molecule has 3 aromatic rings. The summed E-state index contributed by atoms with van der Waals surface area (Å²) in [5.74, 6) is 0.777. The molecule has 1 aliphatic heterocycles. The van der Waals surface area contributed by atoms with Crippen LogP contribution in [0.15, 0.2) is 48.9 Å². The van der Waals surface area contributed by atoms with E-state index in [4.69, 9.17) is 11.6 Å². The van der Waals surface area contributed by atoms with Crippen molar-refractivity contribution in [1.29, 1.82) is 0 Å². The summed E-state index contributed by atoms with van der Waals surface area (Å²) in [6.07, 6.45) is 5.84. The second kappa shape index (κ2) is 5.23. The van der Waals surface area contributed by atoms with Gasteiger partial charge in [0.2, 0.25) is 0 Å². The summed E-state index contributed by atoms with van der Waals surface area (Å²) >= 11 is 6.38. The number of nitrogens with one attached hydrogen (secondary N) is 1. The van der Waals surface area contributed by atoms with E-state index in [-0.39, 0.29) is 6.04 Å². The standard InChI is InChI=1S/C17H15ClN4/c1-11-19-8-12(9-20-11)17-16-6-3-7-22(16)15-5-2-4-14(18)13(15)10-21-17/h2-9,17,21H,10H2,1H3. The Morgan fingerprint density at radius 2 is 2.00 bits per heavy atom. The van der Waals surface area contributed by atoms with E-state index in [1.54, 1.807) is 0 Å². The van der Waals surface area contributed by atoms with Gasteiger partial charge < -0.3 is 9.88 Å². The predicted molar refractivity (Wildman–Crippen MR) is 86.2 cm³/mol. The van der Waals surface area contributed by atoms with Crippen LogP contribution < -0.4 is 5.32 Å². The first-order valence-electron chi connectivity index (χ1n) is 7.21. The molecule has 0 fully saturated rings. The van der Waals surface area contributed by atoms with Gasteiger partial charge in [-0.2, -0.15) is 0 Å². The average molecular weight is 311 g/mol. The Hall–Kier alpha value is -2.17. The van der Waals surface area contributed by atoms with Gasteiger partial charge in [-0.3, -0.25) is 0 Å². The summed E-state index contributed by atoms with van der Waals surface area (Å²) in [6.45, 7) is 2.60. The van der Waals surface area contributed by atoms with Crippen LogP contribution in [0.4, 0.5) is 0 Å². The van der Waals surface area contributed by atoms with Crippen LogP contribution in [0.1, 0.15) is 28.7 Å². The van der Waals surface area contributed by atoms with Crippen molar-refractivity contribution < 1.29 is 0 Å². The fourth-order valence-corrected chi connectivity index (χ4v) is 3.18. The predicted octanol–water partition coefficient (Wildman–Crippen LogP) is 3.42. The SMILES string of the molecule is Cc1ncc(C2NCc3c(Cl)cccc3-n3cccc32)cn1. The van der Waals surface area contributed by atoms with Gasteiger partial charge in [-0.15, -0.1) is 0 Å². The van der Waals surface area contributed by atoms with Gasteiger partial charge in [0.05, 0.1) is 11.7 Å². The number of nitrogens with zero attached hydrogens (tertiary/aromatic N) is 3. The lowest BCUT2D eigenvalue weighted by molar-refractivity contribution is 0.596. The molecule has 110 valence electrons. The fourth-order valence-electron chi connectivity index (χ4n) is 2.95. The van der Waals surface area contributed by atoms with Crippen LogP contribution in [0.5, 0.6) is 0 Å². The highest BCUT2D eigenvalue weighted by Gasteiger charge is 2.24. The first kappa shape index (κ1) is 13.5. The highest BCUT2D eigenvalue weighted by molar-refractivity contribution is 6.31. The van der Waals surface area contributed by atoms with Crippen molar-refractivity contribution in [2.45, 2.75) is 19.5 Å². The van der Waals surface area contributed by atoms with Gasteiger partial charge in [-0.25, -0.2) is 9.97 Å². The van der Waals surface area contributed by atoms with Crippen LogP contribution in [0.3, 0.4) is 0 Å². The Morgan fingerprint density at radius 1 is 1.18 bits per heavy atom. The molecule has 2 aromatic heterocycles. The molecular formula is C17H15ClN4. The molecule has 0 saturated carbocycles. The number of hydrogen-bond acceptors (Lipinski definition) is 3. The van der Waals surface area contributed by atoms with Crippen LogP contribution in [-0.2, 0) is 6.54 Å². The van der Waals surface area contributed by atoms with Crippen LogP contribution in [0.25, 0.3) is 5.69 Å². The van der Waals surface area contributed by atoms with Gasteiger partial charge in [-0.1, -0.05) is 17.7 Å². The minimum Gasteiger partial charge on any atom is -0.319 e. The van der Waals surface area contributed by atoms with E-state index in [0.29, 0.717) is 6.54 Å². The van der Waals surface area contributed by atoms with Gasteiger partial charge in [-0.05, 0) is 31.2 Å². The maximum atomic E-state index is 6.38. The lowest BCUT2D eigenvalue weighted by atomic mass is 10.1. The number of aryl methyl sites for hydroxylation is 1. The zero-order valence-corrected chi connectivity index (χ0v) is 12.9. The lowest BCUT2D eigenvalue weighted by Crippen LogP contribution is -2.21. The van der Waals surface area contributed by atoms with E-state index in [2.05, 4.69) is 44.2 Å². The minimum atomic E-state index is 0.0408. The number of benzene rings is 1. The van der Waals surface area contributed by atoms with Gasteiger partial charge in [0.1, 0.15) is 5.82 Å². The normalized spacial score (nSPS) is 16.7. The van der Waals surface area contributed by atoms with Crippen LogP contribution in [-0.4, -0.2) is 14.5 Å². The second-order valence-corrected chi connectivity index (χ2v) is 5.83. The summed E-state index contributed by atoms with van der Waals surface area (Å²) in [4.78, 5) is 8.64. The summed E-state index contributed by atoms with van der Waals surface area (Å²) in [5.41, 5.74) is 4.44. The van der Waals surface area contributed by atoms with Gasteiger partial charge in [0.15, 0.2) is 0 Å². The number of fused-ring (bicyclic) bond motifs is 3. The monoisotopic (exact) mass is 310 g/mol. The highest BCUT2D eigenvalue weighted by Crippen LogP contribution is 2.32. The van der Waals surface area contributed by atoms with Gasteiger partial charge in [0.25, 0.3) is 0 Å². The largest absolute Gasteiger partial charge is 0.319 e. The number of rotatable bonds is 1. The van der Waals surface area contributed by atoms with Crippen molar-refractivity contribution in [3.63, 3.8) is 0 Å². The summed E-state index contributed by atoms with van der Waals surface area (Å²) < 4.78 is 2.19. The molecular weight excluding hydrogens is 296 g/mol.